The number of carbonyl (C=O) groups is 2. The molecule has 0 saturated carbocycles. The second-order valence-corrected chi connectivity index (χ2v) is 7.84. The summed E-state index contributed by atoms with van der Waals surface area (Å²) in [5.41, 5.74) is 0.129. The van der Waals surface area contributed by atoms with Gasteiger partial charge in [-0.25, -0.2) is 17.6 Å². The molecule has 122 valence electrons. The van der Waals surface area contributed by atoms with Crippen LogP contribution in [0, 0.1) is 5.82 Å². The molecule has 24 heavy (non-hydrogen) atoms. The van der Waals surface area contributed by atoms with Gasteiger partial charge in [-0.1, -0.05) is 12.1 Å². The van der Waals surface area contributed by atoms with Crippen molar-refractivity contribution in [3.05, 3.63) is 53.3 Å². The SMILES string of the molecule is CS(=O)(=O)c1ccc2c(c1)C1(NC(=O)NC1=O)c1cc(F)ccc1-2. The number of imide groups is 1. The van der Waals surface area contributed by atoms with Gasteiger partial charge in [0.15, 0.2) is 15.4 Å². The van der Waals surface area contributed by atoms with E-state index in [2.05, 4.69) is 10.6 Å². The van der Waals surface area contributed by atoms with Gasteiger partial charge in [0.05, 0.1) is 4.90 Å². The second-order valence-electron chi connectivity index (χ2n) is 5.83. The zero-order chi connectivity index (χ0) is 17.3. The summed E-state index contributed by atoms with van der Waals surface area (Å²) in [6.45, 7) is 0. The minimum absolute atomic E-state index is 0.0165. The molecule has 1 heterocycles. The highest BCUT2D eigenvalue weighted by atomic mass is 32.2. The summed E-state index contributed by atoms with van der Waals surface area (Å²) in [6.07, 6.45) is 1.05. The molecule has 1 fully saturated rings. The fourth-order valence-corrected chi connectivity index (χ4v) is 3.99. The Morgan fingerprint density at radius 3 is 2.21 bits per heavy atom. The Labute approximate surface area is 136 Å². The Balaban J connectivity index is 2.10. The van der Waals surface area contributed by atoms with E-state index in [1.807, 2.05) is 0 Å². The summed E-state index contributed by atoms with van der Waals surface area (Å²) in [7, 11) is -3.52. The van der Waals surface area contributed by atoms with Gasteiger partial charge in [-0.05, 0) is 35.4 Å². The first-order chi connectivity index (χ1) is 11.2. The fraction of sp³-hybridized carbons (Fsp3) is 0.125. The first-order valence-corrected chi connectivity index (χ1v) is 8.91. The fourth-order valence-electron chi connectivity index (χ4n) is 3.34. The molecule has 1 spiro atoms. The van der Waals surface area contributed by atoms with Gasteiger partial charge in [0.25, 0.3) is 5.91 Å². The Kier molecular flexibility index (Phi) is 2.73. The maximum atomic E-state index is 13.8. The number of urea groups is 1. The summed E-state index contributed by atoms with van der Waals surface area (Å²) in [5.74, 6) is -1.22. The Morgan fingerprint density at radius 2 is 1.62 bits per heavy atom. The molecule has 0 radical (unpaired) electrons. The molecule has 2 N–H and O–H groups in total. The van der Waals surface area contributed by atoms with Gasteiger partial charge < -0.3 is 5.32 Å². The predicted octanol–water partition coefficient (Wildman–Crippen LogP) is 1.29. The number of benzene rings is 2. The van der Waals surface area contributed by atoms with Crippen molar-refractivity contribution >= 4 is 21.8 Å². The van der Waals surface area contributed by atoms with Crippen LogP contribution in [0.2, 0.25) is 0 Å². The molecule has 0 aromatic heterocycles. The largest absolute Gasteiger partial charge is 0.322 e. The summed E-state index contributed by atoms with van der Waals surface area (Å²) in [4.78, 5) is 24.3. The van der Waals surface area contributed by atoms with Crippen molar-refractivity contribution in [3.63, 3.8) is 0 Å². The van der Waals surface area contributed by atoms with Gasteiger partial charge in [0, 0.05) is 17.4 Å². The van der Waals surface area contributed by atoms with E-state index in [9.17, 15) is 22.4 Å². The van der Waals surface area contributed by atoms with Crippen molar-refractivity contribution in [1.82, 2.24) is 10.6 Å². The quantitative estimate of drug-likeness (QED) is 0.761. The van der Waals surface area contributed by atoms with E-state index in [0.29, 0.717) is 16.7 Å². The molecular weight excluding hydrogens is 335 g/mol. The van der Waals surface area contributed by atoms with Crippen LogP contribution in [-0.4, -0.2) is 26.6 Å². The Morgan fingerprint density at radius 1 is 1.00 bits per heavy atom. The van der Waals surface area contributed by atoms with E-state index in [0.717, 1.165) is 6.26 Å². The smallest absolute Gasteiger partial charge is 0.316 e. The standard InChI is InChI=1S/C16H11FN2O4S/c1-24(22,23)9-3-5-11-10-4-2-8(17)6-12(10)16(13(11)7-9)14(20)18-15(21)19-16/h2-7H,1H3,(H2,18,19,20,21). The van der Waals surface area contributed by atoms with Gasteiger partial charge in [-0.15, -0.1) is 0 Å². The molecule has 1 aliphatic heterocycles. The maximum absolute atomic E-state index is 13.8. The molecule has 6 nitrogen and oxygen atoms in total. The Hall–Kier alpha value is -2.74. The average molecular weight is 346 g/mol. The molecular formula is C16H11FN2O4S. The average Bonchev–Trinajstić information content (AvgIpc) is 2.94. The number of sulfone groups is 1. The summed E-state index contributed by atoms with van der Waals surface area (Å²) >= 11 is 0. The zero-order valence-electron chi connectivity index (χ0n) is 12.4. The third-order valence-corrected chi connectivity index (χ3v) is 5.48. The van der Waals surface area contributed by atoms with Gasteiger partial charge >= 0.3 is 6.03 Å². The highest BCUT2D eigenvalue weighted by molar-refractivity contribution is 7.90. The van der Waals surface area contributed by atoms with Crippen LogP contribution < -0.4 is 10.6 Å². The monoisotopic (exact) mass is 346 g/mol. The van der Waals surface area contributed by atoms with E-state index in [1.165, 1.54) is 30.3 Å². The van der Waals surface area contributed by atoms with E-state index in [1.54, 1.807) is 6.07 Å². The molecule has 1 atom stereocenters. The van der Waals surface area contributed by atoms with Crippen molar-refractivity contribution < 1.29 is 22.4 Å². The topological polar surface area (TPSA) is 92.3 Å². The molecule has 1 aliphatic carbocycles. The van der Waals surface area contributed by atoms with Gasteiger partial charge in [-0.2, -0.15) is 0 Å². The highest BCUT2D eigenvalue weighted by Crippen LogP contribution is 2.49. The number of halogens is 1. The molecule has 0 bridgehead atoms. The third-order valence-electron chi connectivity index (χ3n) is 4.37. The van der Waals surface area contributed by atoms with Crippen LogP contribution >= 0.6 is 0 Å². The number of fused-ring (bicyclic) bond motifs is 5. The van der Waals surface area contributed by atoms with Crippen LogP contribution in [0.15, 0.2) is 41.3 Å². The molecule has 2 aromatic rings. The van der Waals surface area contributed by atoms with Gasteiger partial charge in [-0.3, -0.25) is 10.1 Å². The van der Waals surface area contributed by atoms with Gasteiger partial charge in [0.2, 0.25) is 0 Å². The normalized spacial score (nSPS) is 21.4. The number of amides is 3. The van der Waals surface area contributed by atoms with Crippen molar-refractivity contribution in [2.24, 2.45) is 0 Å². The van der Waals surface area contributed by atoms with Crippen LogP contribution in [0.3, 0.4) is 0 Å². The summed E-state index contributed by atoms with van der Waals surface area (Å²) in [5, 5.41) is 4.68. The van der Waals surface area contributed by atoms with Crippen LogP contribution in [0.5, 0.6) is 0 Å². The number of nitrogens with one attached hydrogen (secondary N) is 2. The van der Waals surface area contributed by atoms with Crippen molar-refractivity contribution in [3.8, 4) is 11.1 Å². The third kappa shape index (κ3) is 1.77. The van der Waals surface area contributed by atoms with Crippen LogP contribution in [-0.2, 0) is 20.2 Å². The molecule has 1 saturated heterocycles. The van der Waals surface area contributed by atoms with E-state index < -0.39 is 33.1 Å². The highest BCUT2D eigenvalue weighted by Gasteiger charge is 2.55. The minimum atomic E-state index is -3.52. The molecule has 4 rings (SSSR count). The number of hydrogen-bond donors (Lipinski definition) is 2. The summed E-state index contributed by atoms with van der Waals surface area (Å²) < 4.78 is 37.5. The molecule has 2 aromatic carbocycles. The number of carbonyl (C=O) groups excluding carboxylic acids is 2. The van der Waals surface area contributed by atoms with Crippen LogP contribution in [0.25, 0.3) is 11.1 Å². The number of rotatable bonds is 1. The molecule has 3 amide bonds. The lowest BCUT2D eigenvalue weighted by Crippen LogP contribution is -2.43. The van der Waals surface area contributed by atoms with Crippen LogP contribution in [0.4, 0.5) is 9.18 Å². The number of hydrogen-bond acceptors (Lipinski definition) is 4. The first kappa shape index (κ1) is 14.8. The van der Waals surface area contributed by atoms with Crippen molar-refractivity contribution in [1.29, 1.82) is 0 Å². The van der Waals surface area contributed by atoms with Gasteiger partial charge in [0.1, 0.15) is 5.82 Å². The molecule has 1 unspecified atom stereocenters. The van der Waals surface area contributed by atoms with Crippen LogP contribution in [0.1, 0.15) is 11.1 Å². The second kappa shape index (κ2) is 4.41. The van der Waals surface area contributed by atoms with E-state index in [4.69, 9.17) is 0 Å². The lowest BCUT2D eigenvalue weighted by molar-refractivity contribution is -0.122. The molecule has 2 aliphatic rings. The maximum Gasteiger partial charge on any atom is 0.322 e. The van der Waals surface area contributed by atoms with Crippen molar-refractivity contribution in [2.45, 2.75) is 10.4 Å². The minimum Gasteiger partial charge on any atom is -0.316 e. The summed E-state index contributed by atoms with van der Waals surface area (Å²) in [6, 6.07) is 7.57. The zero-order valence-corrected chi connectivity index (χ0v) is 13.2. The Bertz CT molecular complexity index is 1050. The predicted molar refractivity (Wildman–Crippen MR) is 82.4 cm³/mol. The molecule has 8 heteroatoms. The lowest BCUT2D eigenvalue weighted by Gasteiger charge is -2.23. The lowest BCUT2D eigenvalue weighted by atomic mass is 9.87. The van der Waals surface area contributed by atoms with E-state index in [-0.39, 0.29) is 10.5 Å². The van der Waals surface area contributed by atoms with Crippen molar-refractivity contribution in [2.75, 3.05) is 6.26 Å². The first-order valence-electron chi connectivity index (χ1n) is 7.02. The van der Waals surface area contributed by atoms with E-state index >= 15 is 0 Å².